The van der Waals surface area contributed by atoms with E-state index in [0.717, 1.165) is 0 Å². The highest BCUT2D eigenvalue weighted by atomic mass is 16.5. The first-order valence-corrected chi connectivity index (χ1v) is 9.19. The summed E-state index contributed by atoms with van der Waals surface area (Å²) >= 11 is 0. The van der Waals surface area contributed by atoms with E-state index in [-0.39, 0.29) is 11.3 Å². The number of rotatable bonds is 9. The van der Waals surface area contributed by atoms with Crippen molar-refractivity contribution in [3.05, 3.63) is 47.0 Å². The molecule has 0 saturated carbocycles. The lowest BCUT2D eigenvalue weighted by Gasteiger charge is -2.29. The van der Waals surface area contributed by atoms with Crippen LogP contribution in [0.4, 0.5) is 0 Å². The fraction of sp³-hybridized carbons (Fsp3) is 0.409. The van der Waals surface area contributed by atoms with Gasteiger partial charge in [0.2, 0.25) is 0 Å². The summed E-state index contributed by atoms with van der Waals surface area (Å²) in [6, 6.07) is 8.03. The van der Waals surface area contributed by atoms with Gasteiger partial charge in [-0.25, -0.2) is 0 Å². The number of carbonyl (C=O) groups is 1. The van der Waals surface area contributed by atoms with Crippen molar-refractivity contribution in [2.24, 2.45) is 0 Å². The molecule has 2 aromatic carbocycles. The van der Waals surface area contributed by atoms with Crippen molar-refractivity contribution in [3.63, 3.8) is 0 Å². The van der Waals surface area contributed by atoms with E-state index in [4.69, 9.17) is 18.9 Å². The normalized spacial score (nSPS) is 12.3. The Bertz CT molecular complexity index is 868. The Morgan fingerprint density at radius 2 is 1.41 bits per heavy atom. The zero-order valence-corrected chi connectivity index (χ0v) is 17.6. The van der Waals surface area contributed by atoms with Crippen LogP contribution in [0.1, 0.15) is 47.7 Å². The number of ether oxygens (including phenoxy) is 4. The molecule has 0 saturated heterocycles. The molecule has 29 heavy (non-hydrogen) atoms. The van der Waals surface area contributed by atoms with Crippen molar-refractivity contribution < 1.29 is 34.0 Å². The van der Waals surface area contributed by atoms with Crippen molar-refractivity contribution in [2.75, 3.05) is 28.4 Å². The lowest BCUT2D eigenvalue weighted by atomic mass is 9.83. The van der Waals surface area contributed by atoms with Gasteiger partial charge in [0.15, 0.2) is 34.6 Å². The summed E-state index contributed by atoms with van der Waals surface area (Å²) in [5, 5.41) is 20.6. The second-order valence-electron chi connectivity index (χ2n) is 6.75. The molecule has 0 aliphatic carbocycles. The minimum Gasteiger partial charge on any atom is -0.493 e. The van der Waals surface area contributed by atoms with Gasteiger partial charge in [-0.2, -0.15) is 0 Å². The topological polar surface area (TPSA) is 94.5 Å². The SMILES string of the molecule is CCC(c1cc(OC)c(OC)cc1C(=O)c1ccc(OC)c(OC)c1)C(C)(O)O. The first kappa shape index (κ1) is 22.5. The van der Waals surface area contributed by atoms with Crippen molar-refractivity contribution in [1.29, 1.82) is 0 Å². The van der Waals surface area contributed by atoms with Crippen LogP contribution in [-0.4, -0.2) is 50.2 Å². The Balaban J connectivity index is 2.70. The summed E-state index contributed by atoms with van der Waals surface area (Å²) < 4.78 is 21.2. The third-order valence-electron chi connectivity index (χ3n) is 4.89. The molecule has 7 heteroatoms. The predicted octanol–water partition coefficient (Wildman–Crippen LogP) is 3.15. The third-order valence-corrected chi connectivity index (χ3v) is 4.89. The van der Waals surface area contributed by atoms with Gasteiger partial charge in [-0.3, -0.25) is 4.79 Å². The van der Waals surface area contributed by atoms with E-state index in [1.54, 1.807) is 30.3 Å². The molecule has 0 aliphatic heterocycles. The molecule has 2 rings (SSSR count). The first-order chi connectivity index (χ1) is 13.7. The second-order valence-corrected chi connectivity index (χ2v) is 6.75. The van der Waals surface area contributed by atoms with Gasteiger partial charge in [0.1, 0.15) is 0 Å². The van der Waals surface area contributed by atoms with Crippen LogP contribution in [0, 0.1) is 0 Å². The van der Waals surface area contributed by atoms with Gasteiger partial charge >= 0.3 is 0 Å². The number of hydrogen-bond acceptors (Lipinski definition) is 7. The Labute approximate surface area is 170 Å². The molecule has 2 N–H and O–H groups in total. The average molecular weight is 404 g/mol. The van der Waals surface area contributed by atoms with Gasteiger partial charge in [0.05, 0.1) is 28.4 Å². The summed E-state index contributed by atoms with van der Waals surface area (Å²) in [5.74, 6) is -1.38. The Morgan fingerprint density at radius 1 is 0.897 bits per heavy atom. The number of methoxy groups -OCH3 is 4. The van der Waals surface area contributed by atoms with Crippen LogP contribution in [-0.2, 0) is 0 Å². The molecule has 1 unspecified atom stereocenters. The van der Waals surface area contributed by atoms with Gasteiger partial charge < -0.3 is 29.2 Å². The zero-order valence-electron chi connectivity index (χ0n) is 17.6. The van der Waals surface area contributed by atoms with Gasteiger partial charge in [0, 0.05) is 17.0 Å². The predicted molar refractivity (Wildman–Crippen MR) is 108 cm³/mol. The van der Waals surface area contributed by atoms with E-state index in [1.807, 2.05) is 6.92 Å². The van der Waals surface area contributed by atoms with Crippen molar-refractivity contribution in [3.8, 4) is 23.0 Å². The maximum atomic E-state index is 13.4. The van der Waals surface area contributed by atoms with E-state index in [9.17, 15) is 15.0 Å². The van der Waals surface area contributed by atoms with E-state index in [1.165, 1.54) is 35.4 Å². The number of ketones is 1. The van der Waals surface area contributed by atoms with E-state index in [2.05, 4.69) is 0 Å². The summed E-state index contributed by atoms with van der Waals surface area (Å²) in [7, 11) is 5.96. The summed E-state index contributed by atoms with van der Waals surface area (Å²) in [4.78, 5) is 13.4. The van der Waals surface area contributed by atoms with Gasteiger partial charge in [-0.1, -0.05) is 6.92 Å². The minimum atomic E-state index is -2.03. The Kier molecular flexibility index (Phi) is 7.11. The average Bonchev–Trinajstić information content (AvgIpc) is 2.71. The van der Waals surface area contributed by atoms with E-state index in [0.29, 0.717) is 40.5 Å². The molecule has 158 valence electrons. The third kappa shape index (κ3) is 4.63. The Morgan fingerprint density at radius 3 is 1.90 bits per heavy atom. The molecule has 1 atom stereocenters. The maximum Gasteiger partial charge on any atom is 0.193 e. The number of benzene rings is 2. The van der Waals surface area contributed by atoms with Crippen LogP contribution >= 0.6 is 0 Å². The largest absolute Gasteiger partial charge is 0.493 e. The summed E-state index contributed by atoms with van der Waals surface area (Å²) in [6.45, 7) is 3.11. The second kappa shape index (κ2) is 9.15. The molecule has 0 aliphatic rings. The number of hydrogen-bond donors (Lipinski definition) is 2. The van der Waals surface area contributed by atoms with Crippen molar-refractivity contribution in [1.82, 2.24) is 0 Å². The molecule has 0 spiro atoms. The summed E-state index contributed by atoms with van der Waals surface area (Å²) in [5.41, 5.74) is 1.11. The molecule has 0 aromatic heterocycles. The standard InChI is InChI=1S/C22H28O7/c1-7-16(22(2,24)25)14-11-19(28-5)20(29-6)12-15(14)21(23)13-8-9-17(26-3)18(10-13)27-4/h8-12,16,24-25H,7H2,1-6H3. The van der Waals surface area contributed by atoms with Gasteiger partial charge in [-0.05, 0) is 49.2 Å². The highest BCUT2D eigenvalue weighted by Gasteiger charge is 2.33. The van der Waals surface area contributed by atoms with Crippen LogP contribution in [0.5, 0.6) is 23.0 Å². The quantitative estimate of drug-likeness (QED) is 0.490. The van der Waals surface area contributed by atoms with Crippen LogP contribution in [0.25, 0.3) is 0 Å². The molecule has 2 aromatic rings. The van der Waals surface area contributed by atoms with Crippen molar-refractivity contribution in [2.45, 2.75) is 32.0 Å². The van der Waals surface area contributed by atoms with Crippen LogP contribution in [0.3, 0.4) is 0 Å². The molecular weight excluding hydrogens is 376 g/mol. The van der Waals surface area contributed by atoms with E-state index < -0.39 is 11.7 Å². The van der Waals surface area contributed by atoms with Gasteiger partial charge in [-0.15, -0.1) is 0 Å². The van der Waals surface area contributed by atoms with Crippen molar-refractivity contribution >= 4 is 5.78 Å². The Hall–Kier alpha value is -2.77. The number of aliphatic hydroxyl groups is 2. The maximum absolute atomic E-state index is 13.4. The molecule has 7 nitrogen and oxygen atoms in total. The van der Waals surface area contributed by atoms with Crippen LogP contribution in [0.15, 0.2) is 30.3 Å². The van der Waals surface area contributed by atoms with Gasteiger partial charge in [0.25, 0.3) is 0 Å². The lowest BCUT2D eigenvalue weighted by Crippen LogP contribution is -2.33. The van der Waals surface area contributed by atoms with E-state index >= 15 is 0 Å². The zero-order chi connectivity index (χ0) is 21.8. The smallest absolute Gasteiger partial charge is 0.193 e. The van der Waals surface area contributed by atoms with Crippen LogP contribution < -0.4 is 18.9 Å². The number of carbonyl (C=O) groups excluding carboxylic acids is 1. The molecular formula is C22H28O7. The summed E-state index contributed by atoms with van der Waals surface area (Å²) in [6.07, 6.45) is 0.394. The molecule has 0 fully saturated rings. The minimum absolute atomic E-state index is 0.288. The molecule has 0 radical (unpaired) electrons. The first-order valence-electron chi connectivity index (χ1n) is 9.19. The highest BCUT2D eigenvalue weighted by Crippen LogP contribution is 2.40. The molecule has 0 bridgehead atoms. The molecule has 0 heterocycles. The van der Waals surface area contributed by atoms with Crippen LogP contribution in [0.2, 0.25) is 0 Å². The highest BCUT2D eigenvalue weighted by molar-refractivity contribution is 6.10. The lowest BCUT2D eigenvalue weighted by molar-refractivity contribution is -0.164. The fourth-order valence-electron chi connectivity index (χ4n) is 3.41. The monoisotopic (exact) mass is 404 g/mol. The molecule has 0 amide bonds. The fourth-order valence-corrected chi connectivity index (χ4v) is 3.41.